The number of sulfonamides is 1. The lowest BCUT2D eigenvalue weighted by Gasteiger charge is -2.46. The fraction of sp³-hybridized carbons (Fsp3) is 0.590. The number of carbonyl (C=O) groups excluding carboxylic acids is 2. The number of anilines is 1. The highest BCUT2D eigenvalue weighted by Gasteiger charge is 2.44. The lowest BCUT2D eigenvalue weighted by Crippen LogP contribution is -2.50. The van der Waals surface area contributed by atoms with Gasteiger partial charge in [0, 0.05) is 48.6 Å². The molecule has 0 aromatic heterocycles. The number of allylic oxidation sites excluding steroid dienone is 1. The molecule has 2 aromatic carbocycles. The number of halogens is 1. The average Bonchev–Trinajstić information content (AvgIpc) is 3.23. The summed E-state index contributed by atoms with van der Waals surface area (Å²) < 4.78 is 42.5. The summed E-state index contributed by atoms with van der Waals surface area (Å²) in [7, 11) is -3.95. The molecule has 270 valence electrons. The Labute approximate surface area is 301 Å². The van der Waals surface area contributed by atoms with Gasteiger partial charge in [0.25, 0.3) is 5.91 Å². The summed E-state index contributed by atoms with van der Waals surface area (Å²) in [6.45, 7) is 7.33. The van der Waals surface area contributed by atoms with Gasteiger partial charge in [0.05, 0.1) is 30.3 Å². The number of amides is 2. The zero-order valence-corrected chi connectivity index (χ0v) is 30.8. The third-order valence-electron chi connectivity index (χ3n) is 12.1. The third-order valence-corrected chi connectivity index (χ3v) is 14.3. The van der Waals surface area contributed by atoms with Crippen LogP contribution in [0.1, 0.15) is 86.7 Å². The number of nitrogens with zero attached hydrogens (tertiary/aromatic N) is 2. The van der Waals surface area contributed by atoms with E-state index in [9.17, 15) is 18.0 Å². The fourth-order valence-electron chi connectivity index (χ4n) is 8.72. The van der Waals surface area contributed by atoms with Gasteiger partial charge >= 0.3 is 0 Å². The number of hydrogen-bond donors (Lipinski definition) is 1. The molecule has 6 atom stereocenters. The molecule has 2 fully saturated rings. The SMILES string of the molecule is C[C@@H]1[C@@H](C)C/C=C/[C@H](OCCN2CCCCC2=O)[C@@H]2CC[C@H]2CN2C[C@@]3(CCCc4cc(Cl)ccc43)COc3ccc(cc32)C(=O)NS1(=O)=O. The van der Waals surface area contributed by atoms with E-state index >= 15 is 0 Å². The maximum Gasteiger partial charge on any atom is 0.264 e. The van der Waals surface area contributed by atoms with Crippen LogP contribution in [0.5, 0.6) is 5.75 Å². The van der Waals surface area contributed by atoms with Crippen LogP contribution in [0.15, 0.2) is 48.6 Å². The second-order valence-corrected chi connectivity index (χ2v) is 17.8. The fourth-order valence-corrected chi connectivity index (χ4v) is 10.2. The van der Waals surface area contributed by atoms with Gasteiger partial charge in [-0.3, -0.25) is 9.59 Å². The summed E-state index contributed by atoms with van der Waals surface area (Å²) in [4.78, 5) is 30.3. The molecule has 2 amide bonds. The number of fused-ring (bicyclic) bond motifs is 4. The molecule has 2 aliphatic carbocycles. The Hall–Kier alpha value is -3.08. The third kappa shape index (κ3) is 7.17. The van der Waals surface area contributed by atoms with Crippen molar-refractivity contribution in [3.8, 4) is 5.75 Å². The van der Waals surface area contributed by atoms with Crippen molar-refractivity contribution in [3.63, 3.8) is 0 Å². The van der Waals surface area contributed by atoms with Crippen molar-refractivity contribution in [1.82, 2.24) is 9.62 Å². The summed E-state index contributed by atoms with van der Waals surface area (Å²) >= 11 is 6.46. The minimum absolute atomic E-state index is 0.152. The predicted octanol–water partition coefficient (Wildman–Crippen LogP) is 6.28. The summed E-state index contributed by atoms with van der Waals surface area (Å²) in [5.41, 5.74) is 3.35. The Morgan fingerprint density at radius 3 is 2.72 bits per heavy atom. The maximum absolute atomic E-state index is 13.5. The van der Waals surface area contributed by atoms with Crippen LogP contribution in [0.3, 0.4) is 0 Å². The van der Waals surface area contributed by atoms with Gasteiger partial charge < -0.3 is 19.3 Å². The second-order valence-electron chi connectivity index (χ2n) is 15.3. The Bertz CT molecular complexity index is 1750. The van der Waals surface area contributed by atoms with Crippen LogP contribution in [0, 0.1) is 17.8 Å². The van der Waals surface area contributed by atoms with Crippen LogP contribution in [0.4, 0.5) is 5.69 Å². The van der Waals surface area contributed by atoms with Crippen LogP contribution < -0.4 is 14.4 Å². The molecule has 3 aliphatic heterocycles. The highest BCUT2D eigenvalue weighted by molar-refractivity contribution is 7.90. The minimum Gasteiger partial charge on any atom is -0.490 e. The molecule has 0 unspecified atom stereocenters. The van der Waals surface area contributed by atoms with Crippen LogP contribution in [-0.2, 0) is 31.4 Å². The molecule has 0 radical (unpaired) electrons. The summed E-state index contributed by atoms with van der Waals surface area (Å²) in [5, 5.41) is -0.0515. The number of piperidine rings is 1. The Morgan fingerprint density at radius 1 is 1.06 bits per heavy atom. The van der Waals surface area contributed by atoms with Gasteiger partial charge in [0.15, 0.2) is 0 Å². The van der Waals surface area contributed by atoms with Crippen molar-refractivity contribution in [1.29, 1.82) is 0 Å². The van der Waals surface area contributed by atoms with Gasteiger partial charge in [-0.25, -0.2) is 13.1 Å². The van der Waals surface area contributed by atoms with E-state index < -0.39 is 21.2 Å². The molecule has 2 aromatic rings. The second kappa shape index (κ2) is 14.5. The number of aryl methyl sites for hydroxylation is 1. The highest BCUT2D eigenvalue weighted by atomic mass is 35.5. The largest absolute Gasteiger partial charge is 0.490 e. The smallest absolute Gasteiger partial charge is 0.264 e. The molecule has 1 spiro atoms. The van der Waals surface area contributed by atoms with Crippen molar-refractivity contribution in [2.45, 2.75) is 88.4 Å². The molecule has 1 saturated carbocycles. The van der Waals surface area contributed by atoms with Gasteiger partial charge in [0.1, 0.15) is 5.75 Å². The highest BCUT2D eigenvalue weighted by Crippen LogP contribution is 2.47. The predicted molar refractivity (Wildman–Crippen MR) is 195 cm³/mol. The lowest BCUT2D eigenvalue weighted by atomic mass is 9.68. The topological polar surface area (TPSA) is 105 Å². The molecule has 2 bridgehead atoms. The van der Waals surface area contributed by atoms with Crippen LogP contribution in [0.2, 0.25) is 5.02 Å². The van der Waals surface area contributed by atoms with Crippen LogP contribution in [0.25, 0.3) is 0 Å². The van der Waals surface area contributed by atoms with E-state index in [0.717, 1.165) is 68.7 Å². The first-order chi connectivity index (χ1) is 24.0. The van der Waals surface area contributed by atoms with E-state index in [1.54, 1.807) is 13.0 Å². The first-order valence-electron chi connectivity index (χ1n) is 18.5. The first-order valence-corrected chi connectivity index (χ1v) is 20.4. The monoisotopic (exact) mass is 723 g/mol. The van der Waals surface area contributed by atoms with Crippen molar-refractivity contribution in [2.75, 3.05) is 44.3 Å². The van der Waals surface area contributed by atoms with Gasteiger partial charge in [0.2, 0.25) is 15.9 Å². The van der Waals surface area contributed by atoms with Crippen LogP contribution >= 0.6 is 11.6 Å². The van der Waals surface area contributed by atoms with Gasteiger partial charge in [-0.05, 0) is 118 Å². The quantitative estimate of drug-likeness (QED) is 0.371. The number of nitrogens with one attached hydrogen (secondary N) is 1. The minimum atomic E-state index is -3.95. The molecule has 9 nitrogen and oxygen atoms in total. The van der Waals surface area contributed by atoms with Crippen molar-refractivity contribution in [3.05, 3.63) is 70.3 Å². The Kier molecular flexibility index (Phi) is 10.2. The van der Waals surface area contributed by atoms with E-state index in [2.05, 4.69) is 33.9 Å². The molecule has 7 rings (SSSR count). The summed E-state index contributed by atoms with van der Waals surface area (Å²) in [6, 6.07) is 11.5. The molecule has 50 heavy (non-hydrogen) atoms. The number of carbonyl (C=O) groups is 2. The van der Waals surface area contributed by atoms with E-state index in [4.69, 9.17) is 21.1 Å². The molecular weight excluding hydrogens is 674 g/mol. The van der Waals surface area contributed by atoms with Gasteiger partial charge in [-0.2, -0.15) is 0 Å². The molecule has 1 N–H and O–H groups in total. The van der Waals surface area contributed by atoms with Gasteiger partial charge in [-0.15, -0.1) is 0 Å². The standard InChI is InChI=1S/C39H50ClN3O6S/c1-26-7-5-9-35(48-20-19-42-18-4-3-10-37(42)44)32-14-11-30(32)23-43-24-39(17-6-8-28-21-31(40)13-15-33(28)39)25-49-36-16-12-29(22-34(36)43)38(45)41-50(46,47)27(26)2/h5,9,12-13,15-16,21-22,26-27,30,32,35H,3-4,6-8,10-11,14,17-20,23-25H2,1-2H3,(H,41,45)/b9-5+/t26-,27+,30-,32+,35-,39-/m0/s1. The van der Waals surface area contributed by atoms with Gasteiger partial charge in [-0.1, -0.05) is 36.7 Å². The van der Waals surface area contributed by atoms with Crippen molar-refractivity contribution >= 4 is 39.1 Å². The molecular formula is C39H50ClN3O6S. The Morgan fingerprint density at radius 2 is 1.92 bits per heavy atom. The number of hydrogen-bond acceptors (Lipinski definition) is 7. The molecule has 5 aliphatic rings. The summed E-state index contributed by atoms with van der Waals surface area (Å²) in [6.07, 6.45) is 12.2. The van der Waals surface area contributed by atoms with Crippen molar-refractivity contribution < 1.29 is 27.5 Å². The first kappa shape index (κ1) is 35.3. The zero-order valence-electron chi connectivity index (χ0n) is 29.2. The van der Waals surface area contributed by atoms with E-state index in [1.807, 2.05) is 30.0 Å². The summed E-state index contributed by atoms with van der Waals surface area (Å²) in [5.74, 6) is 0.634. The molecule has 11 heteroatoms. The lowest BCUT2D eigenvalue weighted by molar-refractivity contribution is -0.134. The molecule has 1 saturated heterocycles. The number of ether oxygens (including phenoxy) is 2. The average molecular weight is 724 g/mol. The number of likely N-dealkylation sites (tertiary alicyclic amines) is 1. The molecule has 3 heterocycles. The van der Waals surface area contributed by atoms with E-state index in [-0.39, 0.29) is 34.8 Å². The maximum atomic E-state index is 13.5. The normalized spacial score (nSPS) is 31.8. The van der Waals surface area contributed by atoms with Crippen molar-refractivity contribution in [2.24, 2.45) is 17.8 Å². The zero-order chi connectivity index (χ0) is 35.0. The van der Waals surface area contributed by atoms with Crippen LogP contribution in [-0.4, -0.2) is 75.9 Å². The number of rotatable bonds is 4. The number of benzene rings is 2. The van der Waals surface area contributed by atoms with E-state index in [0.29, 0.717) is 50.8 Å². The van der Waals surface area contributed by atoms with E-state index in [1.165, 1.54) is 11.1 Å². The Balaban J connectivity index is 1.23.